The van der Waals surface area contributed by atoms with Crippen molar-refractivity contribution < 1.29 is 43.5 Å². The van der Waals surface area contributed by atoms with Crippen LogP contribution in [0.5, 0.6) is 0 Å². The number of hydrogen-bond donors (Lipinski definition) is 4. The largest absolute Gasteiger partial charge is 0.481 e. The number of carboxylic acid groups (broad SMARTS) is 1. The molecule has 304 valence electrons. The molecule has 2 heterocycles. The number of hydrogen-bond acceptors (Lipinski definition) is 9. The van der Waals surface area contributed by atoms with Crippen LogP contribution in [0.4, 0.5) is 0 Å². The number of amides is 1. The lowest BCUT2D eigenvalue weighted by molar-refractivity contribution is -0.927. The van der Waals surface area contributed by atoms with Crippen molar-refractivity contribution in [3.8, 4) is 0 Å². The molecule has 0 aromatic heterocycles. The molecule has 0 aromatic carbocycles. The molecule has 0 aromatic rings. The Morgan fingerprint density at radius 1 is 0.922 bits per heavy atom. The first-order valence-electron chi connectivity index (χ1n) is 19.0. The fourth-order valence-electron chi connectivity index (χ4n) is 5.77. The van der Waals surface area contributed by atoms with Gasteiger partial charge in [-0.05, 0) is 38.5 Å². The average molecular weight is 734 g/mol. The van der Waals surface area contributed by atoms with Crippen molar-refractivity contribution in [1.29, 1.82) is 0 Å². The van der Waals surface area contributed by atoms with E-state index in [1.807, 2.05) is 0 Å². The number of epoxide rings is 1. The number of ether oxygens (including phenoxy) is 2. The van der Waals surface area contributed by atoms with E-state index < -0.39 is 23.9 Å². The first kappa shape index (κ1) is 53.2. The van der Waals surface area contributed by atoms with Gasteiger partial charge in [0.1, 0.15) is 12.6 Å². The van der Waals surface area contributed by atoms with Gasteiger partial charge in [-0.3, -0.25) is 30.0 Å². The number of rotatable bonds is 20. The Morgan fingerprint density at radius 2 is 1.37 bits per heavy atom. The van der Waals surface area contributed by atoms with Crippen molar-refractivity contribution in [2.75, 3.05) is 41.3 Å². The molecule has 2 aliphatic heterocycles. The maximum absolute atomic E-state index is 12.7. The number of hydrazine groups is 1. The Labute approximate surface area is 312 Å². The lowest BCUT2D eigenvalue weighted by Gasteiger charge is -2.33. The second-order valence-electron chi connectivity index (χ2n) is 15.5. The zero-order valence-electron chi connectivity index (χ0n) is 33.8. The minimum atomic E-state index is -0.945. The van der Waals surface area contributed by atoms with Gasteiger partial charge in [0.2, 0.25) is 0 Å². The number of aliphatic hydroxyl groups is 1. The number of nitrogens with two attached hydrogens (primary N) is 1. The number of aliphatic hydroxyl groups excluding tert-OH is 1. The molecule has 0 saturated carbocycles. The maximum Gasteiger partial charge on any atom is 0.317 e. The van der Waals surface area contributed by atoms with Gasteiger partial charge in [0.25, 0.3) is 5.91 Å². The van der Waals surface area contributed by atoms with Gasteiger partial charge in [-0.1, -0.05) is 113 Å². The molecule has 2 fully saturated rings. The molecular formula is C39H81N4O8+. The number of cyclic esters (lactones) is 2. The maximum atomic E-state index is 12.7. The van der Waals surface area contributed by atoms with Gasteiger partial charge in [-0.15, -0.1) is 0 Å². The van der Waals surface area contributed by atoms with Gasteiger partial charge in [0.15, 0.2) is 0 Å². The van der Waals surface area contributed by atoms with E-state index in [2.05, 4.69) is 44.8 Å². The van der Waals surface area contributed by atoms with Crippen LogP contribution >= 0.6 is 0 Å². The molecule has 0 radical (unpaired) electrons. The first-order valence-corrected chi connectivity index (χ1v) is 19.0. The third kappa shape index (κ3) is 29.1. The van der Waals surface area contributed by atoms with E-state index in [1.165, 1.54) is 50.0 Å². The summed E-state index contributed by atoms with van der Waals surface area (Å²) in [6, 6.07) is 0. The van der Waals surface area contributed by atoms with Gasteiger partial charge < -0.3 is 19.7 Å². The smallest absolute Gasteiger partial charge is 0.317 e. The highest BCUT2D eigenvalue weighted by Crippen LogP contribution is 2.31. The standard InChI is InChI=1S/C19H38N2O4.C14H24O3.C3H6O.C2H8N2.CH4/c1-7-8-9-10-11-14(2)12-17(16(4)19(24)25)18(23)20-21(5,6)13-15(3)22;1-4-5-6-7-8-10(2)9-12-11(3)13(15)17-14(12)16;1-3-2-4-3;1-4(2)3;/h14-17,22H,7-13H2,1-6H3,(H-,20,23,24,25);10-12H,4-9H2,1-3H3;3H,2H2,1H3;3H2,1-2H3;1H4/p+1. The molecular weight excluding hydrogens is 652 g/mol. The summed E-state index contributed by atoms with van der Waals surface area (Å²) in [5, 5.41) is 20.4. The molecule has 0 bridgehead atoms. The minimum absolute atomic E-state index is 0. The van der Waals surface area contributed by atoms with E-state index in [0.717, 1.165) is 32.3 Å². The predicted octanol–water partition coefficient (Wildman–Crippen LogP) is 6.59. The Morgan fingerprint density at radius 3 is 1.73 bits per heavy atom. The highest BCUT2D eigenvalue weighted by molar-refractivity contribution is 5.96. The van der Waals surface area contributed by atoms with Crippen molar-refractivity contribution in [3.63, 3.8) is 0 Å². The third-order valence-corrected chi connectivity index (χ3v) is 8.86. The lowest BCUT2D eigenvalue weighted by Crippen LogP contribution is -2.59. The average Bonchev–Trinajstić information content (AvgIpc) is 3.74. The number of nitrogens with one attached hydrogen (secondary N) is 1. The number of carboxylic acids is 1. The molecule has 51 heavy (non-hydrogen) atoms. The normalized spacial score (nSPS) is 20.7. The minimum Gasteiger partial charge on any atom is -0.481 e. The van der Waals surface area contributed by atoms with Gasteiger partial charge >= 0.3 is 17.9 Å². The summed E-state index contributed by atoms with van der Waals surface area (Å²) in [6.45, 7) is 17.1. The fourth-order valence-corrected chi connectivity index (χ4v) is 5.77. The van der Waals surface area contributed by atoms with Gasteiger partial charge in [0.05, 0.1) is 50.5 Å². The summed E-state index contributed by atoms with van der Waals surface area (Å²) < 4.78 is 9.49. The summed E-state index contributed by atoms with van der Waals surface area (Å²) in [5.41, 5.74) is 2.88. The number of nitrogens with zero attached hydrogens (tertiary/aromatic N) is 2. The molecule has 2 saturated heterocycles. The van der Waals surface area contributed by atoms with Gasteiger partial charge in [-0.2, -0.15) is 0 Å². The molecule has 5 N–H and O–H groups in total. The molecule has 12 nitrogen and oxygen atoms in total. The summed E-state index contributed by atoms with van der Waals surface area (Å²) in [7, 11) is 7.14. The van der Waals surface area contributed by atoms with E-state index in [1.54, 1.807) is 49.0 Å². The van der Waals surface area contributed by atoms with Gasteiger partial charge in [0, 0.05) is 14.1 Å². The zero-order chi connectivity index (χ0) is 39.0. The van der Waals surface area contributed by atoms with E-state index >= 15 is 0 Å². The number of carbonyl (C=O) groups is 4. The van der Waals surface area contributed by atoms with Crippen LogP contribution in [-0.2, 0) is 28.7 Å². The number of esters is 2. The molecule has 12 heteroatoms. The number of carbonyl (C=O) groups excluding carboxylic acids is 3. The summed E-state index contributed by atoms with van der Waals surface area (Å²) in [4.78, 5) is 46.9. The number of unbranched alkanes of at least 4 members (excludes halogenated alkanes) is 6. The summed E-state index contributed by atoms with van der Waals surface area (Å²) in [5.74, 6) is 2.14. The predicted molar refractivity (Wildman–Crippen MR) is 206 cm³/mol. The second kappa shape index (κ2) is 29.3. The van der Waals surface area contributed by atoms with Crippen LogP contribution in [0.15, 0.2) is 0 Å². The molecule has 0 spiro atoms. The molecule has 8 unspecified atom stereocenters. The van der Waals surface area contributed by atoms with Crippen molar-refractivity contribution in [1.82, 2.24) is 10.4 Å². The van der Waals surface area contributed by atoms with Crippen LogP contribution in [0.1, 0.15) is 140 Å². The molecule has 2 rings (SSSR count). The van der Waals surface area contributed by atoms with Crippen LogP contribution in [0.3, 0.4) is 0 Å². The summed E-state index contributed by atoms with van der Waals surface area (Å²) >= 11 is 0. The first-order chi connectivity index (χ1) is 23.2. The number of quaternary nitrogens is 1. The van der Waals surface area contributed by atoms with Crippen molar-refractivity contribution in [2.24, 2.45) is 41.4 Å². The van der Waals surface area contributed by atoms with E-state index in [-0.39, 0.29) is 41.7 Å². The van der Waals surface area contributed by atoms with Crippen molar-refractivity contribution >= 4 is 23.8 Å². The van der Waals surface area contributed by atoms with Crippen LogP contribution in [0, 0.1) is 35.5 Å². The Bertz CT molecular complexity index is 939. The van der Waals surface area contributed by atoms with Crippen LogP contribution in [-0.4, -0.2) is 97.2 Å². The Kier molecular flexibility index (Phi) is 30.6. The van der Waals surface area contributed by atoms with E-state index in [4.69, 9.17) is 10.6 Å². The van der Waals surface area contributed by atoms with Crippen molar-refractivity contribution in [2.45, 2.75) is 152 Å². The fraction of sp³-hybridized carbons (Fsp3) is 0.897. The van der Waals surface area contributed by atoms with Crippen molar-refractivity contribution in [3.05, 3.63) is 0 Å². The molecule has 1 amide bonds. The number of aliphatic carboxylic acids is 1. The quantitative estimate of drug-likeness (QED) is 0.0204. The third-order valence-electron chi connectivity index (χ3n) is 8.86. The topological polar surface area (TPSA) is 172 Å². The monoisotopic (exact) mass is 734 g/mol. The van der Waals surface area contributed by atoms with E-state index in [9.17, 15) is 29.4 Å². The second-order valence-corrected chi connectivity index (χ2v) is 15.5. The van der Waals surface area contributed by atoms with Crippen LogP contribution in [0.25, 0.3) is 0 Å². The van der Waals surface area contributed by atoms with Crippen LogP contribution < -0.4 is 11.3 Å². The van der Waals surface area contributed by atoms with Crippen LogP contribution in [0.2, 0.25) is 0 Å². The summed E-state index contributed by atoms with van der Waals surface area (Å²) in [6.07, 6.45) is 13.3. The number of likely N-dealkylation sites (N-methyl/N-ethyl adjacent to an activating group) is 1. The van der Waals surface area contributed by atoms with Gasteiger partial charge in [-0.25, -0.2) is 10.0 Å². The zero-order valence-corrected chi connectivity index (χ0v) is 33.8. The van der Waals surface area contributed by atoms with E-state index in [0.29, 0.717) is 30.9 Å². The highest BCUT2D eigenvalue weighted by atomic mass is 16.6. The SMILES string of the molecule is C.CC1CO1.CCCCCCC(C)CC(C(=O)N[N+](C)(C)CC(C)O)C(C)C(=O)O.CCCCCCC(C)CC1C(=O)OC(=O)C1C.CN(C)N. The lowest BCUT2D eigenvalue weighted by atomic mass is 9.83. The molecule has 8 atom stereocenters. The Balaban J connectivity index is -0.000000755. The Hall–Kier alpha value is -2.12. The highest BCUT2D eigenvalue weighted by Gasteiger charge is 2.41. The molecule has 2 aliphatic rings. The molecule has 0 aliphatic carbocycles.